The Morgan fingerprint density at radius 1 is 0.955 bits per heavy atom. The second kappa shape index (κ2) is 4.88. The lowest BCUT2D eigenvalue weighted by Crippen LogP contribution is -2.03. The Balaban J connectivity index is 2.42. The van der Waals surface area contributed by atoms with Crippen molar-refractivity contribution in [1.82, 2.24) is 0 Å². The van der Waals surface area contributed by atoms with Crippen molar-refractivity contribution >= 4 is 16.7 Å². The number of hydrogen-bond donors (Lipinski definition) is 3. The van der Waals surface area contributed by atoms with E-state index in [2.05, 4.69) is 5.18 Å². The van der Waals surface area contributed by atoms with E-state index in [1.807, 2.05) is 0 Å². The highest BCUT2D eigenvalue weighted by molar-refractivity contribution is 5.90. The highest BCUT2D eigenvalue weighted by atomic mass is 16.3. The van der Waals surface area contributed by atoms with Gasteiger partial charge in [0, 0.05) is 17.7 Å². The molecule has 0 saturated carbocycles. The molecule has 3 aromatic rings. The first-order valence-electron chi connectivity index (χ1n) is 6.17. The summed E-state index contributed by atoms with van der Waals surface area (Å²) in [5.74, 6) is -0.914. The van der Waals surface area contributed by atoms with Crippen molar-refractivity contribution in [2.75, 3.05) is 0 Å². The van der Waals surface area contributed by atoms with Gasteiger partial charge in [0.2, 0.25) is 5.43 Å². The van der Waals surface area contributed by atoms with Crippen LogP contribution in [0.4, 0.5) is 5.69 Å². The number of nitrogens with zero attached hydrogens (tertiary/aromatic N) is 1. The molecule has 0 radical (unpaired) electrons. The molecule has 0 aliphatic rings. The molecule has 0 aliphatic heterocycles. The van der Waals surface area contributed by atoms with Gasteiger partial charge >= 0.3 is 0 Å². The number of hydrogen-bond acceptors (Lipinski definition) is 7. The average Bonchev–Trinajstić information content (AvgIpc) is 2.47. The second-order valence-electron chi connectivity index (χ2n) is 4.59. The Labute approximate surface area is 122 Å². The predicted octanol–water partition coefficient (Wildman–Crippen LogP) is 2.97. The van der Waals surface area contributed by atoms with Crippen LogP contribution in [0.5, 0.6) is 17.2 Å². The van der Waals surface area contributed by atoms with Crippen LogP contribution in [0.3, 0.4) is 0 Å². The molecule has 3 N–H and O–H groups in total. The molecule has 110 valence electrons. The molecule has 22 heavy (non-hydrogen) atoms. The van der Waals surface area contributed by atoms with Crippen molar-refractivity contribution < 1.29 is 19.7 Å². The quantitative estimate of drug-likeness (QED) is 0.625. The first-order valence-corrected chi connectivity index (χ1v) is 6.17. The maximum Gasteiger partial charge on any atom is 0.226 e. The van der Waals surface area contributed by atoms with E-state index in [-0.39, 0.29) is 28.2 Å². The lowest BCUT2D eigenvalue weighted by molar-refractivity contribution is 0.452. The number of aromatic hydroxyl groups is 3. The van der Waals surface area contributed by atoms with Gasteiger partial charge in [0.15, 0.2) is 11.4 Å². The van der Waals surface area contributed by atoms with Gasteiger partial charge in [0.1, 0.15) is 28.2 Å². The Morgan fingerprint density at radius 3 is 2.27 bits per heavy atom. The third-order valence-electron chi connectivity index (χ3n) is 3.16. The number of fused-ring (bicyclic) bond motifs is 1. The first-order chi connectivity index (χ1) is 10.5. The zero-order valence-electron chi connectivity index (χ0n) is 11.0. The summed E-state index contributed by atoms with van der Waals surface area (Å²) in [6.07, 6.45) is 0. The first kappa shape index (κ1) is 13.6. The van der Waals surface area contributed by atoms with E-state index < -0.39 is 16.9 Å². The molecule has 7 heteroatoms. The summed E-state index contributed by atoms with van der Waals surface area (Å²) in [5.41, 5.74) is -1.05. The second-order valence-corrected chi connectivity index (χ2v) is 4.59. The fraction of sp³-hybridized carbons (Fsp3) is 0. The lowest BCUT2D eigenvalue weighted by Gasteiger charge is -2.07. The summed E-state index contributed by atoms with van der Waals surface area (Å²) in [7, 11) is 0. The largest absolute Gasteiger partial charge is 0.508 e. The SMILES string of the molecule is O=Nc1c(-c2ccc(O)cc2)oc2cc(O)cc(O)c2c1=O. The molecule has 0 saturated heterocycles. The zero-order chi connectivity index (χ0) is 15.9. The van der Waals surface area contributed by atoms with Gasteiger partial charge in [0.05, 0.1) is 0 Å². The molecule has 2 aromatic carbocycles. The molecule has 3 rings (SSSR count). The maximum atomic E-state index is 12.3. The summed E-state index contributed by atoms with van der Waals surface area (Å²) in [5, 5.41) is 31.0. The minimum absolute atomic E-state index is 0.00258. The molecular formula is C15H9NO6. The van der Waals surface area contributed by atoms with Gasteiger partial charge in [-0.15, -0.1) is 4.91 Å². The van der Waals surface area contributed by atoms with Crippen molar-refractivity contribution in [2.24, 2.45) is 5.18 Å². The van der Waals surface area contributed by atoms with Crippen LogP contribution in [0.1, 0.15) is 0 Å². The number of phenolic OH excluding ortho intramolecular Hbond substituents is 3. The standard InChI is InChI=1S/C15H9NO6/c17-8-3-1-7(2-4-8)15-13(16-21)14(20)12-10(19)5-9(18)6-11(12)22-15/h1-6,17-19H. The average molecular weight is 299 g/mol. The van der Waals surface area contributed by atoms with Crippen molar-refractivity contribution in [3.8, 4) is 28.6 Å². The van der Waals surface area contributed by atoms with Gasteiger partial charge in [-0.25, -0.2) is 0 Å². The van der Waals surface area contributed by atoms with Crippen molar-refractivity contribution in [2.45, 2.75) is 0 Å². The zero-order valence-corrected chi connectivity index (χ0v) is 11.0. The monoisotopic (exact) mass is 299 g/mol. The van der Waals surface area contributed by atoms with Crippen LogP contribution in [-0.2, 0) is 0 Å². The molecule has 7 nitrogen and oxygen atoms in total. The Kier molecular flexibility index (Phi) is 3.03. The van der Waals surface area contributed by atoms with Gasteiger partial charge in [-0.3, -0.25) is 4.79 Å². The van der Waals surface area contributed by atoms with Crippen molar-refractivity contribution in [3.63, 3.8) is 0 Å². The van der Waals surface area contributed by atoms with Gasteiger partial charge < -0.3 is 19.7 Å². The summed E-state index contributed by atoms with van der Waals surface area (Å²) >= 11 is 0. The highest BCUT2D eigenvalue weighted by Gasteiger charge is 2.20. The number of nitroso groups, excluding NO2 is 1. The molecule has 1 heterocycles. The van der Waals surface area contributed by atoms with Gasteiger partial charge in [-0.2, -0.15) is 0 Å². The van der Waals surface area contributed by atoms with E-state index in [4.69, 9.17) is 4.42 Å². The minimum Gasteiger partial charge on any atom is -0.508 e. The normalized spacial score (nSPS) is 10.7. The minimum atomic E-state index is -0.808. The molecule has 0 fully saturated rings. The van der Waals surface area contributed by atoms with Crippen molar-refractivity contribution in [3.05, 3.63) is 51.5 Å². The van der Waals surface area contributed by atoms with Crippen LogP contribution in [0.25, 0.3) is 22.3 Å². The van der Waals surface area contributed by atoms with Crippen LogP contribution in [0, 0.1) is 4.91 Å². The van der Waals surface area contributed by atoms with Gasteiger partial charge in [-0.05, 0) is 29.4 Å². The Hall–Kier alpha value is -3.35. The summed E-state index contributed by atoms with van der Waals surface area (Å²) in [4.78, 5) is 23.3. The summed E-state index contributed by atoms with van der Waals surface area (Å²) in [6.45, 7) is 0. The topological polar surface area (TPSA) is 120 Å². The maximum absolute atomic E-state index is 12.3. The summed E-state index contributed by atoms with van der Waals surface area (Å²) in [6, 6.07) is 7.71. The fourth-order valence-electron chi connectivity index (χ4n) is 2.17. The van der Waals surface area contributed by atoms with Crippen LogP contribution < -0.4 is 5.43 Å². The number of phenols is 3. The van der Waals surface area contributed by atoms with E-state index in [1.165, 1.54) is 24.3 Å². The lowest BCUT2D eigenvalue weighted by atomic mass is 10.1. The van der Waals surface area contributed by atoms with E-state index in [0.717, 1.165) is 12.1 Å². The third kappa shape index (κ3) is 2.05. The summed E-state index contributed by atoms with van der Waals surface area (Å²) < 4.78 is 5.46. The number of rotatable bonds is 2. The van der Waals surface area contributed by atoms with E-state index >= 15 is 0 Å². The molecule has 0 atom stereocenters. The molecule has 0 bridgehead atoms. The molecule has 1 aromatic heterocycles. The van der Waals surface area contributed by atoms with Gasteiger partial charge in [0.25, 0.3) is 0 Å². The smallest absolute Gasteiger partial charge is 0.226 e. The highest BCUT2D eigenvalue weighted by Crippen LogP contribution is 2.35. The third-order valence-corrected chi connectivity index (χ3v) is 3.16. The molecule has 0 unspecified atom stereocenters. The van der Waals surface area contributed by atoms with E-state index in [0.29, 0.717) is 5.56 Å². The molecular weight excluding hydrogens is 290 g/mol. The molecule has 0 amide bonds. The molecule has 0 aliphatic carbocycles. The van der Waals surface area contributed by atoms with Crippen LogP contribution >= 0.6 is 0 Å². The van der Waals surface area contributed by atoms with Gasteiger partial charge in [-0.1, -0.05) is 0 Å². The Bertz CT molecular complexity index is 943. The van der Waals surface area contributed by atoms with Crippen LogP contribution in [0.2, 0.25) is 0 Å². The van der Waals surface area contributed by atoms with E-state index in [1.54, 1.807) is 0 Å². The van der Waals surface area contributed by atoms with Crippen LogP contribution in [-0.4, -0.2) is 15.3 Å². The van der Waals surface area contributed by atoms with E-state index in [9.17, 15) is 25.0 Å². The number of benzene rings is 2. The van der Waals surface area contributed by atoms with Crippen LogP contribution in [0.15, 0.2) is 50.8 Å². The fourth-order valence-corrected chi connectivity index (χ4v) is 2.17. The Morgan fingerprint density at radius 2 is 1.64 bits per heavy atom. The predicted molar refractivity (Wildman–Crippen MR) is 78.4 cm³/mol. The molecule has 0 spiro atoms. The van der Waals surface area contributed by atoms with Crippen molar-refractivity contribution in [1.29, 1.82) is 0 Å².